The van der Waals surface area contributed by atoms with Gasteiger partial charge in [-0.3, -0.25) is 9.78 Å². The zero-order valence-electron chi connectivity index (χ0n) is 13.0. The summed E-state index contributed by atoms with van der Waals surface area (Å²) in [5.74, 6) is 1.15. The van der Waals surface area contributed by atoms with Gasteiger partial charge in [-0.1, -0.05) is 6.07 Å². The molecule has 1 amide bonds. The van der Waals surface area contributed by atoms with Crippen LogP contribution in [-0.4, -0.2) is 28.5 Å². The third-order valence-corrected chi connectivity index (χ3v) is 3.86. The van der Waals surface area contributed by atoms with Gasteiger partial charge >= 0.3 is 0 Å². The minimum absolute atomic E-state index is 0.0517. The second kappa shape index (κ2) is 7.19. The Hall–Kier alpha value is -2.47. The first-order chi connectivity index (χ1) is 11.2. The lowest BCUT2D eigenvalue weighted by molar-refractivity contribution is -0.120. The quantitative estimate of drug-likeness (QED) is 0.907. The predicted octanol–water partition coefficient (Wildman–Crippen LogP) is 2.60. The van der Waals surface area contributed by atoms with Gasteiger partial charge in [-0.2, -0.15) is 0 Å². The van der Waals surface area contributed by atoms with Crippen molar-refractivity contribution in [2.24, 2.45) is 5.92 Å². The zero-order chi connectivity index (χ0) is 16.1. The number of rotatable bonds is 4. The van der Waals surface area contributed by atoms with Crippen LogP contribution in [0.1, 0.15) is 19.8 Å². The fourth-order valence-electron chi connectivity index (χ4n) is 2.71. The number of carbonyl (C=O) groups is 1. The van der Waals surface area contributed by atoms with Crippen molar-refractivity contribution in [3.05, 3.63) is 42.9 Å². The van der Waals surface area contributed by atoms with E-state index in [-0.39, 0.29) is 11.8 Å². The minimum Gasteiger partial charge on any atom is -0.437 e. The molecule has 2 N–H and O–H groups in total. The standard InChI is InChI=1S/C17H20N4O2/c1-12-9-13(5-6-19-12)17(22)21-14-3-2-4-15(10-14)23-16-11-18-7-8-20-16/h2-4,7-8,10-13,19H,5-6,9H2,1H3,(H,21,22)/t12-,13-/m0/s1. The number of anilines is 1. The molecule has 1 aromatic carbocycles. The molecule has 1 saturated heterocycles. The maximum Gasteiger partial charge on any atom is 0.237 e. The Labute approximate surface area is 135 Å². The molecule has 23 heavy (non-hydrogen) atoms. The maximum absolute atomic E-state index is 12.4. The summed E-state index contributed by atoms with van der Waals surface area (Å²) in [6.45, 7) is 2.99. The summed E-state index contributed by atoms with van der Waals surface area (Å²) in [6, 6.07) is 7.68. The Balaban J connectivity index is 1.64. The average Bonchev–Trinajstić information content (AvgIpc) is 2.56. The number of amides is 1. The normalized spacial score (nSPS) is 20.7. The van der Waals surface area contributed by atoms with Crippen molar-refractivity contribution >= 4 is 11.6 Å². The van der Waals surface area contributed by atoms with Gasteiger partial charge in [0, 0.05) is 36.1 Å². The van der Waals surface area contributed by atoms with Crippen LogP contribution in [-0.2, 0) is 4.79 Å². The number of hydrogen-bond acceptors (Lipinski definition) is 5. The Kier molecular flexibility index (Phi) is 4.83. The molecular weight excluding hydrogens is 292 g/mol. The number of nitrogens with zero attached hydrogens (tertiary/aromatic N) is 2. The van der Waals surface area contributed by atoms with E-state index >= 15 is 0 Å². The van der Waals surface area contributed by atoms with Crippen molar-refractivity contribution in [3.8, 4) is 11.6 Å². The molecule has 1 fully saturated rings. The Morgan fingerprint density at radius 3 is 3.09 bits per heavy atom. The number of piperidine rings is 1. The number of ether oxygens (including phenoxy) is 1. The lowest BCUT2D eigenvalue weighted by Gasteiger charge is -2.27. The summed E-state index contributed by atoms with van der Waals surface area (Å²) in [5.41, 5.74) is 0.725. The highest BCUT2D eigenvalue weighted by atomic mass is 16.5. The average molecular weight is 312 g/mol. The smallest absolute Gasteiger partial charge is 0.237 e. The number of nitrogens with one attached hydrogen (secondary N) is 2. The van der Waals surface area contributed by atoms with Crippen molar-refractivity contribution in [2.45, 2.75) is 25.8 Å². The highest BCUT2D eigenvalue weighted by Gasteiger charge is 2.24. The second-order valence-corrected chi connectivity index (χ2v) is 5.74. The zero-order valence-corrected chi connectivity index (χ0v) is 13.0. The van der Waals surface area contributed by atoms with Crippen molar-refractivity contribution in [1.29, 1.82) is 0 Å². The van der Waals surface area contributed by atoms with Crippen LogP contribution in [0.25, 0.3) is 0 Å². The largest absolute Gasteiger partial charge is 0.437 e. The number of carbonyl (C=O) groups excluding carboxylic acids is 1. The highest BCUT2D eigenvalue weighted by molar-refractivity contribution is 5.92. The Morgan fingerprint density at radius 2 is 2.30 bits per heavy atom. The molecule has 3 rings (SSSR count). The lowest BCUT2D eigenvalue weighted by atomic mass is 9.92. The lowest BCUT2D eigenvalue weighted by Crippen LogP contribution is -2.40. The number of hydrogen-bond donors (Lipinski definition) is 2. The summed E-state index contributed by atoms with van der Waals surface area (Å²) < 4.78 is 5.63. The summed E-state index contributed by atoms with van der Waals surface area (Å²) in [5, 5.41) is 6.33. The molecular formula is C17H20N4O2. The molecule has 1 aliphatic heterocycles. The molecule has 0 aliphatic carbocycles. The SMILES string of the molecule is C[C@H]1C[C@@H](C(=O)Nc2cccc(Oc3cnccn3)c2)CCN1. The summed E-state index contributed by atoms with van der Waals surface area (Å²) in [7, 11) is 0. The topological polar surface area (TPSA) is 76.1 Å². The molecule has 0 bridgehead atoms. The Bertz CT molecular complexity index is 663. The molecule has 1 aliphatic rings. The first-order valence-electron chi connectivity index (χ1n) is 7.79. The van der Waals surface area contributed by atoms with Gasteiger partial charge in [0.15, 0.2) is 0 Å². The predicted molar refractivity (Wildman–Crippen MR) is 87.4 cm³/mol. The van der Waals surface area contributed by atoms with Gasteiger partial charge in [0.2, 0.25) is 11.8 Å². The third kappa shape index (κ3) is 4.26. The van der Waals surface area contributed by atoms with Crippen molar-refractivity contribution < 1.29 is 9.53 Å². The highest BCUT2D eigenvalue weighted by Crippen LogP contribution is 2.24. The first-order valence-corrected chi connectivity index (χ1v) is 7.79. The Morgan fingerprint density at radius 1 is 1.39 bits per heavy atom. The summed E-state index contributed by atoms with van der Waals surface area (Å²) in [6.07, 6.45) is 6.43. The molecule has 0 radical (unpaired) electrons. The van der Waals surface area contributed by atoms with Crippen LogP contribution in [0, 0.1) is 5.92 Å². The fraction of sp³-hybridized carbons (Fsp3) is 0.353. The van der Waals surface area contributed by atoms with Gasteiger partial charge < -0.3 is 15.4 Å². The van der Waals surface area contributed by atoms with Crippen LogP contribution in [0.15, 0.2) is 42.9 Å². The first kappa shape index (κ1) is 15.4. The molecule has 2 atom stereocenters. The van der Waals surface area contributed by atoms with Crippen LogP contribution in [0.3, 0.4) is 0 Å². The van der Waals surface area contributed by atoms with Crippen LogP contribution in [0.4, 0.5) is 5.69 Å². The van der Waals surface area contributed by atoms with E-state index in [2.05, 4.69) is 27.5 Å². The fourth-order valence-corrected chi connectivity index (χ4v) is 2.71. The molecule has 0 spiro atoms. The van der Waals surface area contributed by atoms with Crippen molar-refractivity contribution in [2.75, 3.05) is 11.9 Å². The number of aromatic nitrogens is 2. The summed E-state index contributed by atoms with van der Waals surface area (Å²) >= 11 is 0. The van der Waals surface area contributed by atoms with Crippen LogP contribution >= 0.6 is 0 Å². The van der Waals surface area contributed by atoms with E-state index in [4.69, 9.17) is 4.74 Å². The van der Waals surface area contributed by atoms with Gasteiger partial charge in [0.25, 0.3) is 0 Å². The van der Waals surface area contributed by atoms with E-state index in [9.17, 15) is 4.79 Å². The van der Waals surface area contributed by atoms with E-state index in [0.717, 1.165) is 25.1 Å². The van der Waals surface area contributed by atoms with Gasteiger partial charge in [-0.25, -0.2) is 4.98 Å². The van der Waals surface area contributed by atoms with E-state index in [0.29, 0.717) is 17.7 Å². The molecule has 6 nitrogen and oxygen atoms in total. The monoisotopic (exact) mass is 312 g/mol. The van der Waals surface area contributed by atoms with Gasteiger partial charge in [0.05, 0.1) is 6.20 Å². The van der Waals surface area contributed by atoms with Crippen LogP contribution in [0.2, 0.25) is 0 Å². The van der Waals surface area contributed by atoms with Crippen LogP contribution in [0.5, 0.6) is 11.6 Å². The third-order valence-electron chi connectivity index (χ3n) is 3.86. The molecule has 1 aromatic heterocycles. The van der Waals surface area contributed by atoms with Crippen molar-refractivity contribution in [3.63, 3.8) is 0 Å². The minimum atomic E-state index is 0.0517. The van der Waals surface area contributed by atoms with Gasteiger partial charge in [0.1, 0.15) is 5.75 Å². The molecule has 0 unspecified atom stereocenters. The molecule has 120 valence electrons. The van der Waals surface area contributed by atoms with E-state index in [1.807, 2.05) is 18.2 Å². The van der Waals surface area contributed by atoms with E-state index in [1.165, 1.54) is 0 Å². The van der Waals surface area contributed by atoms with Gasteiger partial charge in [-0.15, -0.1) is 0 Å². The second-order valence-electron chi connectivity index (χ2n) is 5.74. The molecule has 2 aromatic rings. The van der Waals surface area contributed by atoms with E-state index in [1.54, 1.807) is 24.7 Å². The van der Waals surface area contributed by atoms with Crippen molar-refractivity contribution in [1.82, 2.24) is 15.3 Å². The molecule has 0 saturated carbocycles. The van der Waals surface area contributed by atoms with Gasteiger partial charge in [-0.05, 0) is 38.4 Å². The van der Waals surface area contributed by atoms with Crippen LogP contribution < -0.4 is 15.4 Å². The molecule has 6 heteroatoms. The summed E-state index contributed by atoms with van der Waals surface area (Å²) in [4.78, 5) is 20.4. The number of benzene rings is 1. The maximum atomic E-state index is 12.4. The van der Waals surface area contributed by atoms with E-state index < -0.39 is 0 Å². The molecule has 2 heterocycles.